The minimum atomic E-state index is -0.786. The van der Waals surface area contributed by atoms with E-state index in [4.69, 9.17) is 22.1 Å². The summed E-state index contributed by atoms with van der Waals surface area (Å²) in [5.41, 5.74) is 7.10. The molecule has 4 N–H and O–H groups in total. The fourth-order valence-corrected chi connectivity index (χ4v) is 4.26. The number of halogens is 2. The molecular formula is C22H24ClFN6O2. The average Bonchev–Trinajstić information content (AvgIpc) is 2.75. The summed E-state index contributed by atoms with van der Waals surface area (Å²) in [6, 6.07) is 8.72. The van der Waals surface area contributed by atoms with Gasteiger partial charge >= 0.3 is 0 Å². The van der Waals surface area contributed by atoms with Gasteiger partial charge in [-0.15, -0.1) is 10.2 Å². The molecule has 8 nitrogen and oxygen atoms in total. The third-order valence-corrected chi connectivity index (χ3v) is 5.70. The van der Waals surface area contributed by atoms with Crippen LogP contribution in [0.25, 0.3) is 10.9 Å². The molecule has 3 aromatic rings. The van der Waals surface area contributed by atoms with Crippen molar-refractivity contribution in [2.45, 2.75) is 25.9 Å². The predicted molar refractivity (Wildman–Crippen MR) is 124 cm³/mol. The Labute approximate surface area is 189 Å². The number of rotatable bonds is 5. The van der Waals surface area contributed by atoms with Crippen LogP contribution in [0.2, 0.25) is 5.02 Å². The van der Waals surface area contributed by atoms with Crippen LogP contribution in [0.4, 0.5) is 21.5 Å². The smallest absolute Gasteiger partial charge is 0.271 e. The molecule has 0 saturated carbocycles. The molecule has 2 aromatic carbocycles. The maximum absolute atomic E-state index is 14.6. The van der Waals surface area contributed by atoms with Crippen LogP contribution in [0.5, 0.6) is 5.75 Å². The van der Waals surface area contributed by atoms with Crippen LogP contribution < -0.4 is 26.0 Å². The van der Waals surface area contributed by atoms with Gasteiger partial charge in [-0.2, -0.15) is 0 Å². The van der Waals surface area contributed by atoms with Crippen molar-refractivity contribution in [1.29, 1.82) is 0 Å². The number of amides is 1. The van der Waals surface area contributed by atoms with Crippen molar-refractivity contribution >= 4 is 45.5 Å². The first kappa shape index (κ1) is 22.0. The van der Waals surface area contributed by atoms with Gasteiger partial charge in [0.2, 0.25) is 0 Å². The highest BCUT2D eigenvalue weighted by atomic mass is 35.5. The Morgan fingerprint density at radius 3 is 2.66 bits per heavy atom. The number of carbonyl (C=O) groups excluding carboxylic acids is 1. The van der Waals surface area contributed by atoms with Gasteiger partial charge < -0.3 is 26.0 Å². The van der Waals surface area contributed by atoms with Crippen LogP contribution in [0.3, 0.4) is 0 Å². The number of nitrogens with two attached hydrogens (primary N) is 1. The van der Waals surface area contributed by atoms with E-state index in [9.17, 15) is 9.18 Å². The lowest BCUT2D eigenvalue weighted by Gasteiger charge is -2.38. The summed E-state index contributed by atoms with van der Waals surface area (Å²) in [6.07, 6.45) is 0. The Balaban J connectivity index is 1.91. The van der Waals surface area contributed by atoms with Crippen molar-refractivity contribution in [3.05, 3.63) is 46.9 Å². The quantitative estimate of drug-likeness (QED) is 0.537. The van der Waals surface area contributed by atoms with Crippen LogP contribution >= 0.6 is 11.6 Å². The average molecular weight is 459 g/mol. The number of nitrogens with one attached hydrogen (secondary N) is 2. The Bertz CT molecular complexity index is 1180. The zero-order valence-corrected chi connectivity index (χ0v) is 18.7. The van der Waals surface area contributed by atoms with Crippen LogP contribution in [0.1, 0.15) is 24.3 Å². The van der Waals surface area contributed by atoms with Crippen molar-refractivity contribution in [3.8, 4) is 5.75 Å². The van der Waals surface area contributed by atoms with Crippen molar-refractivity contribution in [2.75, 3.05) is 30.4 Å². The number of hydrogen-bond acceptors (Lipinski definition) is 7. The third-order valence-electron chi connectivity index (χ3n) is 5.40. The molecule has 0 spiro atoms. The number of benzene rings is 2. The maximum Gasteiger partial charge on any atom is 0.271 e. The number of hydrogen-bond donors (Lipinski definition) is 3. The molecule has 1 saturated heterocycles. The van der Waals surface area contributed by atoms with E-state index in [1.807, 2.05) is 6.07 Å². The van der Waals surface area contributed by atoms with Gasteiger partial charge in [-0.25, -0.2) is 4.39 Å². The van der Waals surface area contributed by atoms with Gasteiger partial charge in [0.05, 0.1) is 34.7 Å². The van der Waals surface area contributed by atoms with Gasteiger partial charge in [-0.1, -0.05) is 17.7 Å². The highest BCUT2D eigenvalue weighted by molar-refractivity contribution is 6.31. The molecule has 2 heterocycles. The number of fused-ring (bicyclic) bond motifs is 1. The number of ether oxygens (including phenoxy) is 1. The fourth-order valence-electron chi connectivity index (χ4n) is 4.09. The lowest BCUT2D eigenvalue weighted by molar-refractivity contribution is 0.0995. The molecule has 0 aliphatic carbocycles. The lowest BCUT2D eigenvalue weighted by atomic mass is 10.1. The Hall–Kier alpha value is -3.17. The van der Waals surface area contributed by atoms with Gasteiger partial charge in [-0.05, 0) is 32.0 Å². The monoisotopic (exact) mass is 458 g/mol. The molecule has 1 aliphatic rings. The molecule has 4 rings (SSSR count). The van der Waals surface area contributed by atoms with Gasteiger partial charge in [0.25, 0.3) is 5.91 Å². The highest BCUT2D eigenvalue weighted by Gasteiger charge is 2.25. The van der Waals surface area contributed by atoms with Gasteiger partial charge in [0.1, 0.15) is 5.75 Å². The number of carbonyl (C=O) groups is 1. The maximum atomic E-state index is 14.6. The van der Waals surface area contributed by atoms with E-state index >= 15 is 0 Å². The van der Waals surface area contributed by atoms with Gasteiger partial charge in [0, 0.05) is 36.6 Å². The largest absolute Gasteiger partial charge is 0.495 e. The molecule has 168 valence electrons. The molecule has 0 unspecified atom stereocenters. The summed E-state index contributed by atoms with van der Waals surface area (Å²) < 4.78 is 20.2. The molecule has 1 fully saturated rings. The SMILES string of the molecule is COc1cc2nnc(C(N)=O)c(Nc3cccc(Cl)c3F)c2cc1N1C[C@@H](C)N[C@@H](C)C1. The number of aromatic nitrogens is 2. The van der Waals surface area contributed by atoms with E-state index in [0.29, 0.717) is 16.7 Å². The van der Waals surface area contributed by atoms with E-state index in [-0.39, 0.29) is 34.2 Å². The second-order valence-corrected chi connectivity index (χ2v) is 8.34. The van der Waals surface area contributed by atoms with E-state index in [1.165, 1.54) is 12.1 Å². The van der Waals surface area contributed by atoms with Crippen LogP contribution in [0, 0.1) is 5.82 Å². The molecular weight excluding hydrogens is 435 g/mol. The zero-order chi connectivity index (χ0) is 23.0. The number of piperazine rings is 1. The predicted octanol–water partition coefficient (Wildman–Crippen LogP) is 3.46. The number of primary amides is 1. The molecule has 32 heavy (non-hydrogen) atoms. The summed E-state index contributed by atoms with van der Waals surface area (Å²) >= 11 is 5.93. The van der Waals surface area contributed by atoms with Crippen LogP contribution in [-0.2, 0) is 0 Å². The fraction of sp³-hybridized carbons (Fsp3) is 0.318. The van der Waals surface area contributed by atoms with Gasteiger partial charge in [0.15, 0.2) is 11.5 Å². The minimum Gasteiger partial charge on any atom is -0.495 e. The Kier molecular flexibility index (Phi) is 6.03. The summed E-state index contributed by atoms with van der Waals surface area (Å²) in [5, 5.41) is 15.1. The first-order valence-electron chi connectivity index (χ1n) is 10.2. The zero-order valence-electron chi connectivity index (χ0n) is 17.9. The van der Waals surface area contributed by atoms with Crippen molar-refractivity contribution in [2.24, 2.45) is 5.73 Å². The molecule has 0 bridgehead atoms. The van der Waals surface area contributed by atoms with Crippen molar-refractivity contribution in [1.82, 2.24) is 15.5 Å². The standard InChI is InChI=1S/C22H24ClFN6O2/c1-11-9-30(10-12(2)26-11)17-7-13-16(8-18(17)32-3)28-29-21(22(25)31)20(13)27-15-6-4-5-14(23)19(15)24/h4-8,11-12,26H,9-10H2,1-3H3,(H2,25,31)(H,27,28)/t11-,12+. The summed E-state index contributed by atoms with van der Waals surface area (Å²) in [6.45, 7) is 5.75. The van der Waals surface area contributed by atoms with Crippen LogP contribution in [0.15, 0.2) is 30.3 Å². The van der Waals surface area contributed by atoms with E-state index in [1.54, 1.807) is 19.2 Å². The second kappa shape index (κ2) is 8.76. The lowest BCUT2D eigenvalue weighted by Crippen LogP contribution is -2.54. The highest BCUT2D eigenvalue weighted by Crippen LogP contribution is 2.38. The topological polar surface area (TPSA) is 105 Å². The summed E-state index contributed by atoms with van der Waals surface area (Å²) in [4.78, 5) is 14.3. The van der Waals surface area contributed by atoms with Crippen LogP contribution in [-0.4, -0.2) is 48.4 Å². The van der Waals surface area contributed by atoms with Crippen molar-refractivity contribution < 1.29 is 13.9 Å². The van der Waals surface area contributed by atoms with E-state index in [0.717, 1.165) is 18.8 Å². The van der Waals surface area contributed by atoms with Crippen molar-refractivity contribution in [3.63, 3.8) is 0 Å². The summed E-state index contributed by atoms with van der Waals surface area (Å²) in [5.74, 6) is -0.807. The van der Waals surface area contributed by atoms with E-state index in [2.05, 4.69) is 39.6 Å². The molecule has 2 atom stereocenters. The first-order chi connectivity index (χ1) is 15.3. The Morgan fingerprint density at radius 2 is 2.00 bits per heavy atom. The third kappa shape index (κ3) is 4.13. The summed E-state index contributed by atoms with van der Waals surface area (Å²) in [7, 11) is 1.59. The van der Waals surface area contributed by atoms with Gasteiger partial charge in [-0.3, -0.25) is 4.79 Å². The molecule has 0 radical (unpaired) electrons. The normalized spacial score (nSPS) is 18.6. The Morgan fingerprint density at radius 1 is 1.28 bits per heavy atom. The molecule has 1 amide bonds. The number of nitrogens with zero attached hydrogens (tertiary/aromatic N) is 3. The molecule has 10 heteroatoms. The molecule has 1 aliphatic heterocycles. The van der Waals surface area contributed by atoms with E-state index < -0.39 is 11.7 Å². The first-order valence-corrected chi connectivity index (χ1v) is 10.6. The number of methoxy groups -OCH3 is 1. The number of anilines is 3. The minimum absolute atomic E-state index is 0.0481. The molecule has 1 aromatic heterocycles. The second-order valence-electron chi connectivity index (χ2n) is 7.93.